The molecule has 0 aromatic carbocycles. The molecule has 2 nitrogen and oxygen atoms in total. The Labute approximate surface area is 74.2 Å². The van der Waals surface area contributed by atoms with Crippen molar-refractivity contribution in [2.45, 2.75) is 51.4 Å². The summed E-state index contributed by atoms with van der Waals surface area (Å²) in [6.45, 7) is 7.43. The van der Waals surface area contributed by atoms with E-state index in [4.69, 9.17) is 9.47 Å². The molecule has 0 radical (unpaired) electrons. The summed E-state index contributed by atoms with van der Waals surface area (Å²) in [6.07, 6.45) is 2.96. The van der Waals surface area contributed by atoms with Gasteiger partial charge >= 0.3 is 0 Å². The predicted molar refractivity (Wildman–Crippen MR) is 47.1 cm³/mol. The lowest BCUT2D eigenvalue weighted by molar-refractivity contribution is -0.141. The van der Waals surface area contributed by atoms with Crippen molar-refractivity contribution in [3.05, 3.63) is 0 Å². The molecule has 70 valence electrons. The van der Waals surface area contributed by atoms with E-state index in [0.29, 0.717) is 18.1 Å². The number of fused-ring (bicyclic) bond motifs is 2. The van der Waals surface area contributed by atoms with E-state index >= 15 is 0 Å². The van der Waals surface area contributed by atoms with E-state index in [1.165, 1.54) is 0 Å². The zero-order valence-corrected chi connectivity index (χ0v) is 8.17. The minimum atomic E-state index is 0.0816. The van der Waals surface area contributed by atoms with Crippen molar-refractivity contribution < 1.29 is 9.47 Å². The van der Waals surface area contributed by atoms with Crippen molar-refractivity contribution in [2.24, 2.45) is 5.92 Å². The molecule has 2 aliphatic rings. The second-order valence-electron chi connectivity index (χ2n) is 4.66. The highest BCUT2D eigenvalue weighted by atomic mass is 16.6. The summed E-state index contributed by atoms with van der Waals surface area (Å²) in [5, 5.41) is 0. The van der Waals surface area contributed by atoms with Crippen LogP contribution >= 0.6 is 0 Å². The second kappa shape index (κ2) is 2.71. The zero-order valence-electron chi connectivity index (χ0n) is 8.17. The van der Waals surface area contributed by atoms with Crippen LogP contribution in [-0.2, 0) is 9.47 Å². The molecule has 2 heterocycles. The SMILES string of the molecule is CC(C)CC12COC(C1)C(C)O2. The van der Waals surface area contributed by atoms with Crippen LogP contribution < -0.4 is 0 Å². The maximum atomic E-state index is 5.93. The fraction of sp³-hybridized carbons (Fsp3) is 1.00. The quantitative estimate of drug-likeness (QED) is 0.631. The molecule has 0 aliphatic carbocycles. The monoisotopic (exact) mass is 170 g/mol. The first kappa shape index (κ1) is 8.52. The Bertz CT molecular complexity index is 175. The minimum Gasteiger partial charge on any atom is -0.372 e. The molecular weight excluding hydrogens is 152 g/mol. The van der Waals surface area contributed by atoms with Gasteiger partial charge in [-0.05, 0) is 19.3 Å². The lowest BCUT2D eigenvalue weighted by atomic mass is 9.91. The van der Waals surface area contributed by atoms with Gasteiger partial charge in [0.2, 0.25) is 0 Å². The van der Waals surface area contributed by atoms with E-state index in [-0.39, 0.29) is 5.60 Å². The molecule has 0 spiro atoms. The Morgan fingerprint density at radius 3 is 2.67 bits per heavy atom. The Morgan fingerprint density at radius 1 is 1.50 bits per heavy atom. The molecule has 2 heteroatoms. The van der Waals surface area contributed by atoms with Crippen LogP contribution in [0.4, 0.5) is 0 Å². The van der Waals surface area contributed by atoms with Gasteiger partial charge in [0.25, 0.3) is 0 Å². The number of hydrogen-bond acceptors (Lipinski definition) is 2. The van der Waals surface area contributed by atoms with Gasteiger partial charge in [-0.1, -0.05) is 13.8 Å². The summed E-state index contributed by atoms with van der Waals surface area (Å²) < 4.78 is 11.6. The average Bonchev–Trinajstić information content (AvgIpc) is 2.41. The van der Waals surface area contributed by atoms with Crippen LogP contribution in [0.3, 0.4) is 0 Å². The summed E-state index contributed by atoms with van der Waals surface area (Å²) in [7, 11) is 0. The van der Waals surface area contributed by atoms with E-state index in [1.54, 1.807) is 0 Å². The van der Waals surface area contributed by atoms with Gasteiger partial charge in [-0.2, -0.15) is 0 Å². The lowest BCUT2D eigenvalue weighted by Crippen LogP contribution is -2.36. The standard InChI is InChI=1S/C10H18O2/c1-7(2)4-10-5-9(11-6-10)8(3)12-10/h7-9H,4-6H2,1-3H3. The molecular formula is C10H18O2. The fourth-order valence-electron chi connectivity index (χ4n) is 2.53. The Kier molecular flexibility index (Phi) is 1.92. The first-order chi connectivity index (χ1) is 5.61. The summed E-state index contributed by atoms with van der Waals surface area (Å²) in [5.41, 5.74) is 0.0816. The maximum absolute atomic E-state index is 5.93. The van der Waals surface area contributed by atoms with Crippen molar-refractivity contribution in [1.29, 1.82) is 0 Å². The Hall–Kier alpha value is -0.0800. The molecule has 2 bridgehead atoms. The highest BCUT2D eigenvalue weighted by Gasteiger charge is 2.51. The van der Waals surface area contributed by atoms with Crippen LogP contribution in [-0.4, -0.2) is 24.4 Å². The van der Waals surface area contributed by atoms with Gasteiger partial charge in [0.15, 0.2) is 0 Å². The molecule has 12 heavy (non-hydrogen) atoms. The van der Waals surface area contributed by atoms with E-state index in [1.807, 2.05) is 0 Å². The molecule has 0 amide bonds. The van der Waals surface area contributed by atoms with Crippen LogP contribution in [0.1, 0.15) is 33.6 Å². The smallest absolute Gasteiger partial charge is 0.0948 e. The second-order valence-corrected chi connectivity index (χ2v) is 4.66. The van der Waals surface area contributed by atoms with Gasteiger partial charge < -0.3 is 9.47 Å². The molecule has 0 saturated carbocycles. The molecule has 0 N–H and O–H groups in total. The topological polar surface area (TPSA) is 18.5 Å². The summed E-state index contributed by atoms with van der Waals surface area (Å²) in [6, 6.07) is 0. The van der Waals surface area contributed by atoms with Crippen LogP contribution in [0.25, 0.3) is 0 Å². The van der Waals surface area contributed by atoms with E-state index in [0.717, 1.165) is 19.4 Å². The molecule has 2 fully saturated rings. The minimum absolute atomic E-state index is 0.0816. The Balaban J connectivity index is 2.03. The summed E-state index contributed by atoms with van der Waals surface area (Å²) in [4.78, 5) is 0. The van der Waals surface area contributed by atoms with Gasteiger partial charge in [-0.15, -0.1) is 0 Å². The first-order valence-electron chi connectivity index (χ1n) is 4.91. The van der Waals surface area contributed by atoms with Gasteiger partial charge in [0.1, 0.15) is 0 Å². The molecule has 3 atom stereocenters. The van der Waals surface area contributed by atoms with Crippen molar-refractivity contribution in [3.63, 3.8) is 0 Å². The number of hydrogen-bond donors (Lipinski definition) is 0. The van der Waals surface area contributed by atoms with Crippen molar-refractivity contribution in [1.82, 2.24) is 0 Å². The van der Waals surface area contributed by atoms with Gasteiger partial charge in [0.05, 0.1) is 24.4 Å². The van der Waals surface area contributed by atoms with E-state index in [2.05, 4.69) is 20.8 Å². The van der Waals surface area contributed by atoms with Crippen molar-refractivity contribution in [2.75, 3.05) is 6.61 Å². The molecule has 0 aromatic rings. The average molecular weight is 170 g/mol. The first-order valence-corrected chi connectivity index (χ1v) is 4.91. The van der Waals surface area contributed by atoms with Gasteiger partial charge in [-0.3, -0.25) is 0 Å². The zero-order chi connectivity index (χ0) is 8.77. The van der Waals surface area contributed by atoms with Crippen molar-refractivity contribution >= 4 is 0 Å². The third-order valence-electron chi connectivity index (χ3n) is 2.87. The van der Waals surface area contributed by atoms with Crippen molar-refractivity contribution in [3.8, 4) is 0 Å². The molecule has 3 unspecified atom stereocenters. The van der Waals surface area contributed by atoms with Crippen LogP contribution in [0.2, 0.25) is 0 Å². The largest absolute Gasteiger partial charge is 0.372 e. The van der Waals surface area contributed by atoms with E-state index < -0.39 is 0 Å². The van der Waals surface area contributed by atoms with E-state index in [9.17, 15) is 0 Å². The molecule has 2 rings (SSSR count). The highest BCUT2D eigenvalue weighted by Crippen LogP contribution is 2.42. The van der Waals surface area contributed by atoms with Gasteiger partial charge in [0, 0.05) is 6.42 Å². The molecule has 0 aromatic heterocycles. The summed E-state index contributed by atoms with van der Waals surface area (Å²) >= 11 is 0. The normalized spacial score (nSPS) is 46.0. The number of rotatable bonds is 2. The van der Waals surface area contributed by atoms with Crippen LogP contribution in [0.15, 0.2) is 0 Å². The van der Waals surface area contributed by atoms with Crippen LogP contribution in [0, 0.1) is 5.92 Å². The number of ether oxygens (including phenoxy) is 2. The molecule has 2 saturated heterocycles. The van der Waals surface area contributed by atoms with Crippen LogP contribution in [0.5, 0.6) is 0 Å². The summed E-state index contributed by atoms with van der Waals surface area (Å²) in [5.74, 6) is 0.706. The molecule has 2 aliphatic heterocycles. The maximum Gasteiger partial charge on any atom is 0.0948 e. The van der Waals surface area contributed by atoms with Gasteiger partial charge in [-0.25, -0.2) is 0 Å². The lowest BCUT2D eigenvalue weighted by Gasteiger charge is -2.30. The third-order valence-corrected chi connectivity index (χ3v) is 2.87. The fourth-order valence-corrected chi connectivity index (χ4v) is 2.53. The Morgan fingerprint density at radius 2 is 2.25 bits per heavy atom. The highest BCUT2D eigenvalue weighted by molar-refractivity contribution is 4.99. The predicted octanol–water partition coefficient (Wildman–Crippen LogP) is 1.98. The third kappa shape index (κ3) is 1.27.